The summed E-state index contributed by atoms with van der Waals surface area (Å²) in [7, 11) is 0. The lowest BCUT2D eigenvalue weighted by Crippen LogP contribution is -1.98. The van der Waals surface area contributed by atoms with E-state index in [0.29, 0.717) is 15.9 Å². The zero-order valence-corrected chi connectivity index (χ0v) is 12.1. The van der Waals surface area contributed by atoms with Gasteiger partial charge in [-0.15, -0.1) is 0 Å². The van der Waals surface area contributed by atoms with Crippen molar-refractivity contribution in [2.75, 3.05) is 5.73 Å². The fourth-order valence-corrected chi connectivity index (χ4v) is 2.64. The van der Waals surface area contributed by atoms with Gasteiger partial charge in [0.2, 0.25) is 0 Å². The molecule has 0 aliphatic carbocycles. The molecule has 1 aromatic heterocycles. The predicted octanol–water partition coefficient (Wildman–Crippen LogP) is 3.79. The molecule has 0 amide bonds. The molecule has 0 fully saturated rings. The van der Waals surface area contributed by atoms with Crippen molar-refractivity contribution < 1.29 is 0 Å². The fourth-order valence-electron chi connectivity index (χ4n) is 1.49. The van der Waals surface area contributed by atoms with Crippen LogP contribution in [0.25, 0.3) is 0 Å². The van der Waals surface area contributed by atoms with Gasteiger partial charge in [0.05, 0.1) is 5.02 Å². The van der Waals surface area contributed by atoms with Crippen molar-refractivity contribution in [3.8, 4) is 0 Å². The molecule has 0 unspecified atom stereocenters. The van der Waals surface area contributed by atoms with Gasteiger partial charge in [-0.2, -0.15) is 0 Å². The molecule has 2 rings (SSSR count). The summed E-state index contributed by atoms with van der Waals surface area (Å²) in [6.45, 7) is 5.99. The third-order valence-electron chi connectivity index (χ3n) is 2.77. The van der Waals surface area contributed by atoms with Crippen molar-refractivity contribution >= 4 is 29.1 Å². The number of nitrogen functional groups attached to an aromatic ring is 1. The van der Waals surface area contributed by atoms with Gasteiger partial charge in [0.1, 0.15) is 0 Å². The number of nitrogens with zero attached hydrogens (tertiary/aromatic N) is 2. The first kappa shape index (κ1) is 13.2. The lowest BCUT2D eigenvalue weighted by Gasteiger charge is -2.08. The number of hydrogen-bond donors (Lipinski definition) is 1. The summed E-state index contributed by atoms with van der Waals surface area (Å²) < 4.78 is 0. The number of nitrogens with two attached hydrogens (primary N) is 1. The SMILES string of the molecule is Cc1nc(Sc2ccc(N)cc2Cl)nc(C)c1C. The van der Waals surface area contributed by atoms with Gasteiger partial charge >= 0.3 is 0 Å². The predicted molar refractivity (Wildman–Crippen MR) is 76.2 cm³/mol. The van der Waals surface area contributed by atoms with Crippen LogP contribution in [-0.2, 0) is 0 Å². The average molecular weight is 280 g/mol. The Kier molecular flexibility index (Phi) is 3.78. The summed E-state index contributed by atoms with van der Waals surface area (Å²) in [5.74, 6) is 0. The van der Waals surface area contributed by atoms with Crippen LogP contribution in [0.2, 0.25) is 5.02 Å². The highest BCUT2D eigenvalue weighted by atomic mass is 35.5. The Morgan fingerprint density at radius 3 is 2.28 bits per heavy atom. The van der Waals surface area contributed by atoms with Crippen LogP contribution in [0.3, 0.4) is 0 Å². The second-order valence-corrected chi connectivity index (χ2v) is 5.51. The molecule has 3 nitrogen and oxygen atoms in total. The van der Waals surface area contributed by atoms with Crippen molar-refractivity contribution in [2.24, 2.45) is 0 Å². The molecule has 2 aromatic rings. The zero-order valence-electron chi connectivity index (χ0n) is 10.5. The van der Waals surface area contributed by atoms with E-state index in [-0.39, 0.29) is 0 Å². The maximum Gasteiger partial charge on any atom is 0.192 e. The maximum absolute atomic E-state index is 6.13. The third kappa shape index (κ3) is 2.76. The minimum atomic E-state index is 0.625. The molecule has 0 aliphatic heterocycles. The van der Waals surface area contributed by atoms with Gasteiger partial charge in [0.15, 0.2) is 5.16 Å². The van der Waals surface area contributed by atoms with Crippen molar-refractivity contribution in [2.45, 2.75) is 30.8 Å². The second kappa shape index (κ2) is 5.16. The Bertz CT molecular complexity index is 576. The average Bonchev–Trinajstić information content (AvgIpc) is 2.29. The first-order chi connectivity index (χ1) is 8.47. The Morgan fingerprint density at radius 1 is 1.11 bits per heavy atom. The summed E-state index contributed by atoms with van der Waals surface area (Å²) in [6.07, 6.45) is 0. The Morgan fingerprint density at radius 2 is 1.72 bits per heavy atom. The van der Waals surface area contributed by atoms with Crippen LogP contribution in [0.4, 0.5) is 5.69 Å². The lowest BCUT2D eigenvalue weighted by atomic mass is 10.2. The van der Waals surface area contributed by atoms with Gasteiger partial charge < -0.3 is 5.73 Å². The van der Waals surface area contributed by atoms with Gasteiger partial charge in [0.25, 0.3) is 0 Å². The summed E-state index contributed by atoms with van der Waals surface area (Å²) >= 11 is 7.58. The second-order valence-electron chi connectivity index (χ2n) is 4.09. The topological polar surface area (TPSA) is 51.8 Å². The van der Waals surface area contributed by atoms with E-state index in [9.17, 15) is 0 Å². The smallest absolute Gasteiger partial charge is 0.192 e. The monoisotopic (exact) mass is 279 g/mol. The standard InChI is InChI=1S/C13H14ClN3S/c1-7-8(2)16-13(17-9(7)3)18-12-5-4-10(15)6-11(12)14/h4-6H,15H2,1-3H3. The molecule has 1 aromatic carbocycles. The van der Waals surface area contributed by atoms with E-state index >= 15 is 0 Å². The molecule has 18 heavy (non-hydrogen) atoms. The zero-order chi connectivity index (χ0) is 13.3. The summed E-state index contributed by atoms with van der Waals surface area (Å²) in [5.41, 5.74) is 9.44. The quantitative estimate of drug-likeness (QED) is 0.671. The molecule has 1 heterocycles. The molecular weight excluding hydrogens is 266 g/mol. The van der Waals surface area contributed by atoms with Gasteiger partial charge in [-0.1, -0.05) is 11.6 Å². The van der Waals surface area contributed by atoms with Crippen LogP contribution in [0, 0.1) is 20.8 Å². The minimum Gasteiger partial charge on any atom is -0.399 e. The van der Waals surface area contributed by atoms with Gasteiger partial charge in [0, 0.05) is 22.0 Å². The maximum atomic E-state index is 6.13. The summed E-state index contributed by atoms with van der Waals surface area (Å²) in [4.78, 5) is 9.82. The highest BCUT2D eigenvalue weighted by Gasteiger charge is 2.08. The highest BCUT2D eigenvalue weighted by molar-refractivity contribution is 7.99. The molecule has 0 saturated heterocycles. The molecular formula is C13H14ClN3S. The van der Waals surface area contributed by atoms with Crippen LogP contribution in [0.15, 0.2) is 28.3 Å². The van der Waals surface area contributed by atoms with E-state index in [1.807, 2.05) is 32.9 Å². The van der Waals surface area contributed by atoms with Crippen molar-refractivity contribution in [1.82, 2.24) is 9.97 Å². The number of aromatic nitrogens is 2. The summed E-state index contributed by atoms with van der Waals surface area (Å²) in [6, 6.07) is 5.44. The van der Waals surface area contributed by atoms with Crippen LogP contribution >= 0.6 is 23.4 Å². The van der Waals surface area contributed by atoms with Gasteiger partial charge in [-0.25, -0.2) is 9.97 Å². The van der Waals surface area contributed by atoms with E-state index in [1.165, 1.54) is 11.8 Å². The molecule has 0 aliphatic rings. The van der Waals surface area contributed by atoms with Crippen LogP contribution in [0.5, 0.6) is 0 Å². The molecule has 0 atom stereocenters. The van der Waals surface area contributed by atoms with Crippen molar-refractivity contribution in [1.29, 1.82) is 0 Å². The van der Waals surface area contributed by atoms with E-state index in [0.717, 1.165) is 21.8 Å². The first-order valence-corrected chi connectivity index (χ1v) is 6.71. The number of benzene rings is 1. The number of hydrogen-bond acceptors (Lipinski definition) is 4. The van der Waals surface area contributed by atoms with Crippen molar-refractivity contribution in [3.05, 3.63) is 40.2 Å². The largest absolute Gasteiger partial charge is 0.399 e. The molecule has 0 spiro atoms. The minimum absolute atomic E-state index is 0.625. The fraction of sp³-hybridized carbons (Fsp3) is 0.231. The Labute approximate surface area is 116 Å². The number of rotatable bonds is 2. The molecule has 5 heteroatoms. The highest BCUT2D eigenvalue weighted by Crippen LogP contribution is 2.33. The first-order valence-electron chi connectivity index (χ1n) is 5.52. The van der Waals surface area contributed by atoms with Gasteiger partial charge in [-0.05, 0) is 56.3 Å². The van der Waals surface area contributed by atoms with E-state index in [2.05, 4.69) is 9.97 Å². The molecule has 0 saturated carbocycles. The molecule has 0 bridgehead atoms. The van der Waals surface area contributed by atoms with Gasteiger partial charge in [-0.3, -0.25) is 0 Å². The van der Waals surface area contributed by atoms with E-state index < -0.39 is 0 Å². The van der Waals surface area contributed by atoms with Crippen LogP contribution in [-0.4, -0.2) is 9.97 Å². The van der Waals surface area contributed by atoms with E-state index in [4.69, 9.17) is 17.3 Å². The number of aryl methyl sites for hydroxylation is 2. The Hall–Kier alpha value is -1.26. The molecule has 0 radical (unpaired) electrons. The third-order valence-corrected chi connectivity index (χ3v) is 4.14. The number of halogens is 1. The van der Waals surface area contributed by atoms with Crippen LogP contribution < -0.4 is 5.73 Å². The lowest BCUT2D eigenvalue weighted by molar-refractivity contribution is 0.881. The van der Waals surface area contributed by atoms with Crippen molar-refractivity contribution in [3.63, 3.8) is 0 Å². The molecule has 94 valence electrons. The number of anilines is 1. The molecule has 2 N–H and O–H groups in total. The summed E-state index contributed by atoms with van der Waals surface area (Å²) in [5, 5.41) is 1.33. The van der Waals surface area contributed by atoms with Crippen LogP contribution in [0.1, 0.15) is 17.0 Å². The van der Waals surface area contributed by atoms with E-state index in [1.54, 1.807) is 6.07 Å². The normalized spacial score (nSPS) is 10.7. The Balaban J connectivity index is 2.34.